The average molecular weight is 420 g/mol. The van der Waals surface area contributed by atoms with Gasteiger partial charge in [-0.25, -0.2) is 13.2 Å². The largest absolute Gasteiger partial charge is 0.449 e. The second kappa shape index (κ2) is 8.82. The fourth-order valence-corrected chi connectivity index (χ4v) is 3.50. The Kier molecular flexibility index (Phi) is 6.70. The smallest absolute Gasteiger partial charge is 0.339 e. The third-order valence-electron chi connectivity index (χ3n) is 4.07. The minimum Gasteiger partial charge on any atom is -0.449 e. The van der Waals surface area contributed by atoms with Crippen LogP contribution in [-0.4, -0.2) is 44.1 Å². The van der Waals surface area contributed by atoms with Crippen LogP contribution in [0.5, 0.6) is 0 Å². The number of amides is 1. The van der Waals surface area contributed by atoms with Gasteiger partial charge in [-0.3, -0.25) is 14.9 Å². The highest BCUT2D eigenvalue weighted by molar-refractivity contribution is 7.90. The fraction of sp³-hybridized carbons (Fsp3) is 0.263. The summed E-state index contributed by atoms with van der Waals surface area (Å²) in [4.78, 5) is 36.3. The molecule has 0 aliphatic rings. The van der Waals surface area contributed by atoms with Crippen molar-refractivity contribution in [2.45, 2.75) is 24.8 Å². The molecule has 29 heavy (non-hydrogen) atoms. The Hall–Kier alpha value is -3.27. The van der Waals surface area contributed by atoms with Crippen LogP contribution >= 0.6 is 0 Å². The summed E-state index contributed by atoms with van der Waals surface area (Å²) in [6.07, 6.45) is -0.326. The van der Waals surface area contributed by atoms with Crippen molar-refractivity contribution in [3.63, 3.8) is 0 Å². The first kappa shape index (κ1) is 22.0. The summed E-state index contributed by atoms with van der Waals surface area (Å²) in [6, 6.07) is 11.7. The van der Waals surface area contributed by atoms with Crippen molar-refractivity contribution >= 4 is 33.1 Å². The summed E-state index contributed by atoms with van der Waals surface area (Å²) >= 11 is 0. The molecule has 1 atom stereocenters. The second-order valence-corrected chi connectivity index (χ2v) is 8.16. The molecule has 1 amide bonds. The van der Waals surface area contributed by atoms with Gasteiger partial charge in [-0.15, -0.1) is 0 Å². The van der Waals surface area contributed by atoms with Crippen LogP contribution in [0.2, 0.25) is 0 Å². The molecule has 0 N–H and O–H groups in total. The van der Waals surface area contributed by atoms with E-state index in [0.29, 0.717) is 12.2 Å². The van der Waals surface area contributed by atoms with Crippen molar-refractivity contribution in [2.75, 3.05) is 17.7 Å². The van der Waals surface area contributed by atoms with E-state index in [1.54, 1.807) is 37.3 Å². The first-order valence-electron chi connectivity index (χ1n) is 8.62. The van der Waals surface area contributed by atoms with Crippen molar-refractivity contribution in [1.82, 2.24) is 0 Å². The molecule has 0 aliphatic carbocycles. The van der Waals surface area contributed by atoms with E-state index in [0.717, 1.165) is 24.5 Å². The standard InChI is InChI=1S/C19H20N2O7S/c1-4-20(15-8-6-5-7-9-15)18(22)13(2)28-19(23)14-10-11-17(29(3,26)27)16(12-14)21(24)25/h5-13H,4H2,1-3H3/t13-/m0/s1. The van der Waals surface area contributed by atoms with Gasteiger partial charge in [-0.2, -0.15) is 0 Å². The van der Waals surface area contributed by atoms with Crippen molar-refractivity contribution in [2.24, 2.45) is 0 Å². The van der Waals surface area contributed by atoms with Crippen LogP contribution in [0.15, 0.2) is 53.4 Å². The Morgan fingerprint density at radius 2 is 1.79 bits per heavy atom. The van der Waals surface area contributed by atoms with Crippen LogP contribution < -0.4 is 4.90 Å². The van der Waals surface area contributed by atoms with Gasteiger partial charge in [0, 0.05) is 24.6 Å². The van der Waals surface area contributed by atoms with Crippen LogP contribution in [-0.2, 0) is 19.4 Å². The van der Waals surface area contributed by atoms with E-state index in [9.17, 15) is 28.1 Å². The minimum atomic E-state index is -3.86. The first-order valence-corrected chi connectivity index (χ1v) is 10.5. The number of para-hydroxylation sites is 1. The topological polar surface area (TPSA) is 124 Å². The zero-order valence-corrected chi connectivity index (χ0v) is 16.9. The van der Waals surface area contributed by atoms with Gasteiger partial charge in [0.05, 0.1) is 10.5 Å². The summed E-state index contributed by atoms with van der Waals surface area (Å²) in [6.45, 7) is 3.51. The summed E-state index contributed by atoms with van der Waals surface area (Å²) in [5.74, 6) is -1.44. The summed E-state index contributed by atoms with van der Waals surface area (Å²) in [5.41, 5.74) is -0.331. The molecule has 10 heteroatoms. The van der Waals surface area contributed by atoms with Crippen molar-refractivity contribution in [1.29, 1.82) is 0 Å². The van der Waals surface area contributed by atoms with Gasteiger partial charge >= 0.3 is 5.97 Å². The zero-order chi connectivity index (χ0) is 21.8. The monoisotopic (exact) mass is 420 g/mol. The molecule has 0 heterocycles. The molecular weight excluding hydrogens is 400 g/mol. The Morgan fingerprint density at radius 3 is 2.31 bits per heavy atom. The lowest BCUT2D eigenvalue weighted by atomic mass is 10.2. The number of sulfone groups is 1. The Labute approximate surface area is 168 Å². The first-order chi connectivity index (χ1) is 13.6. The molecule has 0 aromatic heterocycles. The molecule has 0 radical (unpaired) electrons. The Balaban J connectivity index is 2.24. The number of carbonyl (C=O) groups excluding carboxylic acids is 2. The molecule has 2 aromatic carbocycles. The second-order valence-electron chi connectivity index (χ2n) is 6.18. The summed E-state index contributed by atoms with van der Waals surface area (Å²) in [5, 5.41) is 11.2. The Bertz CT molecular complexity index is 1040. The predicted molar refractivity (Wildman–Crippen MR) is 106 cm³/mol. The number of nitrogens with zero attached hydrogens (tertiary/aromatic N) is 2. The van der Waals surface area contributed by atoms with E-state index in [2.05, 4.69) is 0 Å². The molecule has 0 fully saturated rings. The molecule has 0 spiro atoms. The lowest BCUT2D eigenvalue weighted by Crippen LogP contribution is -2.40. The normalized spacial score (nSPS) is 12.1. The molecule has 0 unspecified atom stereocenters. The highest BCUT2D eigenvalue weighted by atomic mass is 32.2. The zero-order valence-electron chi connectivity index (χ0n) is 16.1. The number of hydrogen-bond donors (Lipinski definition) is 0. The summed E-state index contributed by atoms with van der Waals surface area (Å²) in [7, 11) is -3.86. The quantitative estimate of drug-likeness (QED) is 0.383. The van der Waals surface area contributed by atoms with Gasteiger partial charge in [0.15, 0.2) is 15.9 Å². The van der Waals surface area contributed by atoms with Crippen molar-refractivity contribution in [3.05, 3.63) is 64.2 Å². The highest BCUT2D eigenvalue weighted by Crippen LogP contribution is 2.25. The number of hydrogen-bond acceptors (Lipinski definition) is 7. The maximum absolute atomic E-state index is 12.7. The molecule has 2 rings (SSSR count). The molecule has 2 aromatic rings. The molecule has 9 nitrogen and oxygen atoms in total. The molecule has 0 saturated heterocycles. The number of ether oxygens (including phenoxy) is 1. The number of nitro benzene ring substituents is 1. The summed E-state index contributed by atoms with van der Waals surface area (Å²) < 4.78 is 28.5. The van der Waals surface area contributed by atoms with E-state index in [-0.39, 0.29) is 5.56 Å². The maximum atomic E-state index is 12.7. The molecular formula is C19H20N2O7S. The van der Waals surface area contributed by atoms with E-state index in [4.69, 9.17) is 4.74 Å². The molecule has 154 valence electrons. The predicted octanol–water partition coefficient (Wildman–Crippen LogP) is 2.60. The average Bonchev–Trinajstić information content (AvgIpc) is 2.68. The van der Waals surface area contributed by atoms with Gasteiger partial charge in [0.1, 0.15) is 4.90 Å². The van der Waals surface area contributed by atoms with Crippen LogP contribution in [0.3, 0.4) is 0 Å². The van der Waals surface area contributed by atoms with Crippen LogP contribution in [0.1, 0.15) is 24.2 Å². The number of esters is 1. The van der Waals surface area contributed by atoms with Gasteiger partial charge < -0.3 is 9.64 Å². The fourth-order valence-electron chi connectivity index (χ4n) is 2.67. The van der Waals surface area contributed by atoms with Crippen LogP contribution in [0, 0.1) is 10.1 Å². The highest BCUT2D eigenvalue weighted by Gasteiger charge is 2.27. The number of rotatable bonds is 7. The number of anilines is 1. The van der Waals surface area contributed by atoms with Gasteiger partial charge in [-0.1, -0.05) is 18.2 Å². The van der Waals surface area contributed by atoms with Crippen LogP contribution in [0.25, 0.3) is 0 Å². The van der Waals surface area contributed by atoms with E-state index >= 15 is 0 Å². The third-order valence-corrected chi connectivity index (χ3v) is 5.22. The van der Waals surface area contributed by atoms with E-state index in [1.165, 1.54) is 11.8 Å². The van der Waals surface area contributed by atoms with Crippen LogP contribution in [0.4, 0.5) is 11.4 Å². The SMILES string of the molecule is CCN(C(=O)[C@H](C)OC(=O)c1ccc(S(C)(=O)=O)c([N+](=O)[O-])c1)c1ccccc1. The van der Waals surface area contributed by atoms with Gasteiger partial charge in [0.2, 0.25) is 0 Å². The van der Waals surface area contributed by atoms with E-state index in [1.807, 2.05) is 0 Å². The number of nitro groups is 1. The Morgan fingerprint density at radius 1 is 1.17 bits per heavy atom. The van der Waals surface area contributed by atoms with Crippen molar-refractivity contribution < 1.29 is 27.7 Å². The number of benzene rings is 2. The maximum Gasteiger partial charge on any atom is 0.339 e. The molecule has 0 bridgehead atoms. The third kappa shape index (κ3) is 5.17. The molecule has 0 aliphatic heterocycles. The lowest BCUT2D eigenvalue weighted by Gasteiger charge is -2.24. The van der Waals surface area contributed by atoms with Gasteiger partial charge in [-0.05, 0) is 38.1 Å². The molecule has 0 saturated carbocycles. The lowest BCUT2D eigenvalue weighted by molar-refractivity contribution is -0.387. The van der Waals surface area contributed by atoms with Gasteiger partial charge in [0.25, 0.3) is 11.6 Å². The van der Waals surface area contributed by atoms with E-state index < -0.39 is 43.3 Å². The van der Waals surface area contributed by atoms with Crippen molar-refractivity contribution in [3.8, 4) is 0 Å². The number of likely N-dealkylation sites (N-methyl/N-ethyl adjacent to an activating group) is 1. The minimum absolute atomic E-state index is 0.230. The number of carbonyl (C=O) groups is 2.